The third-order valence-corrected chi connectivity index (χ3v) is 2.16. The maximum atomic E-state index is 10.8. The minimum Gasteiger partial charge on any atom is -0.339 e. The fraction of sp³-hybridized carbons (Fsp3) is 0.400. The van der Waals surface area contributed by atoms with Gasteiger partial charge in [0.15, 0.2) is 0 Å². The number of carbonyl (C=O) groups excluding carboxylic acids is 1. The largest absolute Gasteiger partial charge is 0.339 e. The van der Waals surface area contributed by atoms with Gasteiger partial charge < -0.3 is 4.57 Å². The normalized spacial score (nSPS) is 9.60. The number of unbranched alkanes of at least 4 members (excludes halogenated alkanes) is 1. The monoisotopic (exact) mass is 206 g/mol. The Morgan fingerprint density at radius 3 is 3.07 bits per heavy atom. The van der Waals surface area contributed by atoms with E-state index in [4.69, 9.17) is 11.1 Å². The first-order valence-electron chi connectivity index (χ1n) is 4.82. The minimum absolute atomic E-state index is 0.150. The summed E-state index contributed by atoms with van der Waals surface area (Å²) in [5.41, 5.74) is 2.73. The first-order valence-corrected chi connectivity index (χ1v) is 4.82. The number of hydrazine groups is 1. The van der Waals surface area contributed by atoms with Crippen LogP contribution in [0.4, 0.5) is 0 Å². The highest BCUT2D eigenvalue weighted by Gasteiger charge is 2.00. The van der Waals surface area contributed by atoms with Crippen molar-refractivity contribution in [2.24, 2.45) is 5.84 Å². The molecule has 1 amide bonds. The summed E-state index contributed by atoms with van der Waals surface area (Å²) in [6.07, 6.45) is 3.92. The molecule has 5 nitrogen and oxygen atoms in total. The van der Waals surface area contributed by atoms with Crippen molar-refractivity contribution < 1.29 is 4.79 Å². The lowest BCUT2D eigenvalue weighted by Crippen LogP contribution is -2.29. The van der Waals surface area contributed by atoms with Gasteiger partial charge in [0, 0.05) is 19.2 Å². The van der Waals surface area contributed by atoms with Crippen molar-refractivity contribution in [2.45, 2.75) is 25.8 Å². The van der Waals surface area contributed by atoms with Crippen LogP contribution in [0.25, 0.3) is 0 Å². The number of carbonyl (C=O) groups is 1. The molecule has 0 saturated heterocycles. The first kappa shape index (κ1) is 11.3. The van der Waals surface area contributed by atoms with E-state index in [0.29, 0.717) is 12.1 Å². The van der Waals surface area contributed by atoms with Gasteiger partial charge in [-0.3, -0.25) is 10.2 Å². The number of nitrogens with one attached hydrogen (secondary N) is 1. The number of amides is 1. The Bertz CT molecular complexity index is 364. The molecule has 1 rings (SSSR count). The molecule has 0 atom stereocenters. The van der Waals surface area contributed by atoms with Gasteiger partial charge in [-0.15, -0.1) is 0 Å². The second-order valence-corrected chi connectivity index (χ2v) is 3.22. The summed E-state index contributed by atoms with van der Waals surface area (Å²) >= 11 is 0. The van der Waals surface area contributed by atoms with Crippen LogP contribution in [0, 0.1) is 11.3 Å². The second kappa shape index (κ2) is 5.83. The van der Waals surface area contributed by atoms with Crippen LogP contribution in [0.2, 0.25) is 0 Å². The molecule has 0 aliphatic heterocycles. The molecule has 0 bridgehead atoms. The van der Waals surface area contributed by atoms with Gasteiger partial charge in [0.1, 0.15) is 11.8 Å². The summed E-state index contributed by atoms with van der Waals surface area (Å²) < 4.78 is 1.88. The van der Waals surface area contributed by atoms with Crippen LogP contribution in [-0.4, -0.2) is 10.5 Å². The summed E-state index contributed by atoms with van der Waals surface area (Å²) in [4.78, 5) is 10.8. The van der Waals surface area contributed by atoms with Crippen molar-refractivity contribution in [1.82, 2.24) is 9.99 Å². The highest BCUT2D eigenvalue weighted by Crippen LogP contribution is 2.04. The number of nitrogens with zero attached hydrogens (tertiary/aromatic N) is 2. The molecule has 80 valence electrons. The predicted octanol–water partition coefficient (Wildman–Crippen LogP) is 0.520. The fourth-order valence-corrected chi connectivity index (χ4v) is 1.35. The smallest absolute Gasteiger partial charge is 0.233 e. The molecule has 0 aliphatic rings. The van der Waals surface area contributed by atoms with E-state index in [-0.39, 0.29) is 5.91 Å². The molecule has 0 spiro atoms. The number of nitrogens with two attached hydrogens (primary N) is 1. The lowest BCUT2D eigenvalue weighted by molar-refractivity contribution is -0.121. The van der Waals surface area contributed by atoms with Gasteiger partial charge in [-0.1, -0.05) is 0 Å². The minimum atomic E-state index is -0.150. The Balaban J connectivity index is 2.27. The SMILES string of the molecule is N#Cc1cccn1CCCCC(=O)NN. The molecule has 1 aromatic rings. The average Bonchev–Trinajstić information content (AvgIpc) is 2.71. The van der Waals surface area contributed by atoms with Gasteiger partial charge in [0.2, 0.25) is 5.91 Å². The number of aromatic nitrogens is 1. The molecule has 3 N–H and O–H groups in total. The van der Waals surface area contributed by atoms with E-state index in [0.717, 1.165) is 19.4 Å². The van der Waals surface area contributed by atoms with Gasteiger partial charge in [-0.05, 0) is 25.0 Å². The number of hydrogen-bond donors (Lipinski definition) is 2. The van der Waals surface area contributed by atoms with E-state index in [9.17, 15) is 4.79 Å². The molecular weight excluding hydrogens is 192 g/mol. The van der Waals surface area contributed by atoms with Crippen LogP contribution in [0.3, 0.4) is 0 Å². The topological polar surface area (TPSA) is 83.8 Å². The lowest BCUT2D eigenvalue weighted by Gasteiger charge is -2.03. The van der Waals surface area contributed by atoms with Crippen LogP contribution in [0.1, 0.15) is 25.0 Å². The van der Waals surface area contributed by atoms with E-state index in [1.807, 2.05) is 16.8 Å². The van der Waals surface area contributed by atoms with Crippen molar-refractivity contribution >= 4 is 5.91 Å². The van der Waals surface area contributed by atoms with E-state index >= 15 is 0 Å². The van der Waals surface area contributed by atoms with Crippen LogP contribution in [-0.2, 0) is 11.3 Å². The van der Waals surface area contributed by atoms with E-state index < -0.39 is 0 Å². The molecule has 0 unspecified atom stereocenters. The zero-order valence-corrected chi connectivity index (χ0v) is 8.44. The third-order valence-electron chi connectivity index (χ3n) is 2.16. The Labute approximate surface area is 88.5 Å². The fourth-order valence-electron chi connectivity index (χ4n) is 1.35. The number of aryl methyl sites for hydroxylation is 1. The Morgan fingerprint density at radius 2 is 2.40 bits per heavy atom. The van der Waals surface area contributed by atoms with E-state index in [1.165, 1.54) is 0 Å². The summed E-state index contributed by atoms with van der Waals surface area (Å²) in [5, 5.41) is 8.74. The van der Waals surface area contributed by atoms with Crippen LogP contribution in [0.15, 0.2) is 18.3 Å². The highest BCUT2D eigenvalue weighted by atomic mass is 16.2. The highest BCUT2D eigenvalue weighted by molar-refractivity contribution is 5.74. The molecule has 0 aromatic carbocycles. The number of hydrogen-bond acceptors (Lipinski definition) is 3. The zero-order chi connectivity index (χ0) is 11.1. The standard InChI is InChI=1S/C10H14N4O/c11-8-9-4-3-7-14(9)6-2-1-5-10(15)13-12/h3-4,7H,1-2,5-6,12H2,(H,13,15). The molecule has 0 saturated carbocycles. The Morgan fingerprint density at radius 1 is 1.60 bits per heavy atom. The third kappa shape index (κ3) is 3.44. The summed E-state index contributed by atoms with van der Waals surface area (Å²) in [7, 11) is 0. The molecule has 0 aliphatic carbocycles. The van der Waals surface area contributed by atoms with Crippen LogP contribution >= 0.6 is 0 Å². The summed E-state index contributed by atoms with van der Waals surface area (Å²) in [6, 6.07) is 5.71. The molecular formula is C10H14N4O. The van der Waals surface area contributed by atoms with Crippen molar-refractivity contribution in [2.75, 3.05) is 0 Å². The lowest BCUT2D eigenvalue weighted by atomic mass is 10.2. The van der Waals surface area contributed by atoms with Crippen LogP contribution in [0.5, 0.6) is 0 Å². The molecule has 1 heterocycles. The number of nitriles is 1. The molecule has 1 aromatic heterocycles. The van der Waals surface area contributed by atoms with Gasteiger partial charge >= 0.3 is 0 Å². The van der Waals surface area contributed by atoms with Crippen molar-refractivity contribution in [1.29, 1.82) is 5.26 Å². The second-order valence-electron chi connectivity index (χ2n) is 3.22. The van der Waals surface area contributed by atoms with E-state index in [1.54, 1.807) is 6.07 Å². The van der Waals surface area contributed by atoms with Crippen molar-refractivity contribution in [3.63, 3.8) is 0 Å². The number of rotatable bonds is 5. The van der Waals surface area contributed by atoms with Gasteiger partial charge in [0.25, 0.3) is 0 Å². The summed E-state index contributed by atoms with van der Waals surface area (Å²) in [5.74, 6) is 4.80. The average molecular weight is 206 g/mol. The maximum Gasteiger partial charge on any atom is 0.233 e. The van der Waals surface area contributed by atoms with Gasteiger partial charge in [-0.2, -0.15) is 5.26 Å². The van der Waals surface area contributed by atoms with Crippen molar-refractivity contribution in [3.8, 4) is 6.07 Å². The zero-order valence-electron chi connectivity index (χ0n) is 8.44. The quantitative estimate of drug-likeness (QED) is 0.319. The Kier molecular flexibility index (Phi) is 4.38. The summed E-state index contributed by atoms with van der Waals surface area (Å²) in [6.45, 7) is 0.758. The molecule has 0 radical (unpaired) electrons. The first-order chi connectivity index (χ1) is 7.27. The predicted molar refractivity (Wildman–Crippen MR) is 55.3 cm³/mol. The maximum absolute atomic E-state index is 10.8. The molecule has 5 heteroatoms. The molecule has 15 heavy (non-hydrogen) atoms. The van der Waals surface area contributed by atoms with Gasteiger partial charge in [0.05, 0.1) is 0 Å². The molecule has 0 fully saturated rings. The van der Waals surface area contributed by atoms with E-state index in [2.05, 4.69) is 11.5 Å². The van der Waals surface area contributed by atoms with Gasteiger partial charge in [-0.25, -0.2) is 5.84 Å². The Hall–Kier alpha value is -1.80. The van der Waals surface area contributed by atoms with Crippen molar-refractivity contribution in [3.05, 3.63) is 24.0 Å². The van der Waals surface area contributed by atoms with Crippen LogP contribution < -0.4 is 11.3 Å².